The van der Waals surface area contributed by atoms with Gasteiger partial charge in [-0.15, -0.1) is 0 Å². The van der Waals surface area contributed by atoms with Gasteiger partial charge < -0.3 is 15.2 Å². The molecule has 33 heavy (non-hydrogen) atoms. The number of rotatable bonds is 7. The fraction of sp³-hybridized carbons (Fsp3) is 0.333. The first-order valence-corrected chi connectivity index (χ1v) is 11.3. The molecule has 1 saturated heterocycles. The Morgan fingerprint density at radius 2 is 1.82 bits per heavy atom. The number of aliphatic carboxylic acids is 1. The molecule has 1 fully saturated rings. The zero-order valence-electron chi connectivity index (χ0n) is 17.2. The van der Waals surface area contributed by atoms with E-state index in [-0.39, 0.29) is 34.9 Å². The SMILES string of the molecule is N#Cc1ccc(S(=O)(=O)C(c2cc(C(F)(F)F)ccc2OCC(=O)O)N2CCNCC2)cc1. The second-order valence-corrected chi connectivity index (χ2v) is 9.26. The number of carbonyl (C=O) groups is 1. The van der Waals surface area contributed by atoms with Crippen molar-refractivity contribution < 1.29 is 36.2 Å². The molecule has 0 spiro atoms. The minimum Gasteiger partial charge on any atom is -0.482 e. The van der Waals surface area contributed by atoms with Crippen LogP contribution in [-0.4, -0.2) is 57.2 Å². The van der Waals surface area contributed by atoms with Crippen LogP contribution >= 0.6 is 0 Å². The van der Waals surface area contributed by atoms with Crippen LogP contribution < -0.4 is 10.1 Å². The number of nitrogens with one attached hydrogen (secondary N) is 1. The first-order valence-electron chi connectivity index (χ1n) is 9.78. The van der Waals surface area contributed by atoms with Gasteiger partial charge in [-0.2, -0.15) is 18.4 Å². The van der Waals surface area contributed by atoms with E-state index in [9.17, 15) is 26.4 Å². The molecular weight excluding hydrogens is 463 g/mol. The smallest absolute Gasteiger partial charge is 0.416 e. The van der Waals surface area contributed by atoms with Gasteiger partial charge in [0.25, 0.3) is 0 Å². The highest BCUT2D eigenvalue weighted by Crippen LogP contribution is 2.41. The number of nitriles is 1. The lowest BCUT2D eigenvalue weighted by Gasteiger charge is -2.35. The molecular formula is C21H20F3N3O5S. The molecule has 1 heterocycles. The zero-order chi connectivity index (χ0) is 24.2. The third kappa shape index (κ3) is 5.62. The summed E-state index contributed by atoms with van der Waals surface area (Å²) >= 11 is 0. The van der Waals surface area contributed by atoms with Gasteiger partial charge >= 0.3 is 12.1 Å². The van der Waals surface area contributed by atoms with Crippen LogP contribution in [0.4, 0.5) is 13.2 Å². The van der Waals surface area contributed by atoms with E-state index < -0.39 is 39.5 Å². The number of carboxylic acids is 1. The van der Waals surface area contributed by atoms with Gasteiger partial charge in [-0.25, -0.2) is 13.2 Å². The largest absolute Gasteiger partial charge is 0.482 e. The lowest BCUT2D eigenvalue weighted by Crippen LogP contribution is -2.47. The number of hydrogen-bond acceptors (Lipinski definition) is 7. The van der Waals surface area contributed by atoms with Gasteiger partial charge in [-0.3, -0.25) is 4.90 Å². The maximum absolute atomic E-state index is 13.7. The van der Waals surface area contributed by atoms with E-state index in [4.69, 9.17) is 15.1 Å². The number of alkyl halides is 3. The van der Waals surface area contributed by atoms with E-state index >= 15 is 0 Å². The molecule has 1 aliphatic rings. The molecule has 2 N–H and O–H groups in total. The normalized spacial score (nSPS) is 16.1. The second kappa shape index (κ2) is 9.78. The van der Waals surface area contributed by atoms with Gasteiger partial charge in [0, 0.05) is 31.7 Å². The molecule has 8 nitrogen and oxygen atoms in total. The van der Waals surface area contributed by atoms with Gasteiger partial charge in [0.05, 0.1) is 22.1 Å². The summed E-state index contributed by atoms with van der Waals surface area (Å²) in [4.78, 5) is 12.3. The van der Waals surface area contributed by atoms with Crippen molar-refractivity contribution in [2.24, 2.45) is 0 Å². The van der Waals surface area contributed by atoms with E-state index in [2.05, 4.69) is 5.32 Å². The quantitative estimate of drug-likeness (QED) is 0.616. The van der Waals surface area contributed by atoms with Crippen molar-refractivity contribution in [3.05, 3.63) is 59.2 Å². The van der Waals surface area contributed by atoms with Crippen LogP contribution in [-0.2, 0) is 20.8 Å². The Morgan fingerprint density at radius 1 is 1.18 bits per heavy atom. The number of hydrogen-bond donors (Lipinski definition) is 2. The summed E-state index contributed by atoms with van der Waals surface area (Å²) in [6.07, 6.45) is -4.76. The van der Waals surface area contributed by atoms with Crippen LogP contribution in [0.25, 0.3) is 0 Å². The van der Waals surface area contributed by atoms with Gasteiger partial charge in [0.1, 0.15) is 11.1 Å². The topological polar surface area (TPSA) is 120 Å². The molecule has 1 unspecified atom stereocenters. The summed E-state index contributed by atoms with van der Waals surface area (Å²) in [5.74, 6) is -1.64. The molecule has 0 radical (unpaired) electrons. The average molecular weight is 483 g/mol. The minimum absolute atomic E-state index is 0.188. The number of piperazine rings is 1. The van der Waals surface area contributed by atoms with Gasteiger partial charge in [0.15, 0.2) is 16.4 Å². The zero-order valence-corrected chi connectivity index (χ0v) is 18.0. The van der Waals surface area contributed by atoms with Crippen LogP contribution in [0, 0.1) is 11.3 Å². The lowest BCUT2D eigenvalue weighted by molar-refractivity contribution is -0.140. The average Bonchev–Trinajstić information content (AvgIpc) is 2.78. The van der Waals surface area contributed by atoms with E-state index in [0.717, 1.165) is 6.07 Å². The van der Waals surface area contributed by atoms with E-state index in [1.165, 1.54) is 29.2 Å². The fourth-order valence-electron chi connectivity index (χ4n) is 3.51. The summed E-state index contributed by atoms with van der Waals surface area (Å²) < 4.78 is 73.0. The summed E-state index contributed by atoms with van der Waals surface area (Å²) in [6, 6.07) is 9.25. The Morgan fingerprint density at radius 3 is 2.36 bits per heavy atom. The van der Waals surface area contributed by atoms with Crippen LogP contribution in [0.5, 0.6) is 5.75 Å². The molecule has 176 valence electrons. The standard InChI is InChI=1S/C21H20F3N3O5S/c22-21(23,24)15-3-6-18(32-13-19(28)29)17(11-15)20(27-9-7-26-8-10-27)33(30,31)16-4-1-14(12-25)2-5-16/h1-6,11,20,26H,7-10,13H2,(H,28,29). The van der Waals surface area contributed by atoms with Crippen molar-refractivity contribution in [3.63, 3.8) is 0 Å². The van der Waals surface area contributed by atoms with Crippen molar-refractivity contribution in [2.45, 2.75) is 16.4 Å². The van der Waals surface area contributed by atoms with Crippen molar-refractivity contribution in [1.82, 2.24) is 10.2 Å². The summed E-state index contributed by atoms with van der Waals surface area (Å²) in [5.41, 5.74) is -1.18. The van der Waals surface area contributed by atoms with Crippen LogP contribution in [0.3, 0.4) is 0 Å². The molecule has 1 atom stereocenters. The predicted molar refractivity (Wildman–Crippen MR) is 110 cm³/mol. The lowest BCUT2D eigenvalue weighted by atomic mass is 10.1. The highest BCUT2D eigenvalue weighted by atomic mass is 32.2. The number of halogens is 3. The van der Waals surface area contributed by atoms with Crippen molar-refractivity contribution in [2.75, 3.05) is 32.8 Å². The third-order valence-electron chi connectivity index (χ3n) is 5.04. The molecule has 0 saturated carbocycles. The number of ether oxygens (including phenoxy) is 1. The molecule has 2 aromatic rings. The highest BCUT2D eigenvalue weighted by Gasteiger charge is 2.39. The van der Waals surface area contributed by atoms with E-state index in [0.29, 0.717) is 25.2 Å². The molecule has 0 aromatic heterocycles. The Balaban J connectivity index is 2.20. The van der Waals surface area contributed by atoms with Crippen LogP contribution in [0.1, 0.15) is 22.1 Å². The molecule has 1 aliphatic heterocycles. The summed E-state index contributed by atoms with van der Waals surface area (Å²) in [7, 11) is -4.31. The summed E-state index contributed by atoms with van der Waals surface area (Å²) in [5, 5.41) is 19.4. The first-order chi connectivity index (χ1) is 15.5. The molecule has 0 bridgehead atoms. The Labute approximate surface area is 188 Å². The maximum Gasteiger partial charge on any atom is 0.416 e. The van der Waals surface area contributed by atoms with Crippen molar-refractivity contribution in [3.8, 4) is 11.8 Å². The maximum atomic E-state index is 13.7. The third-order valence-corrected chi connectivity index (χ3v) is 7.11. The van der Waals surface area contributed by atoms with Gasteiger partial charge in [-0.1, -0.05) is 0 Å². The first kappa shape index (κ1) is 24.5. The number of carboxylic acid groups (broad SMARTS) is 1. The van der Waals surface area contributed by atoms with Crippen LogP contribution in [0.2, 0.25) is 0 Å². The Kier molecular flexibility index (Phi) is 7.26. The second-order valence-electron chi connectivity index (χ2n) is 7.25. The number of nitrogens with zero attached hydrogens (tertiary/aromatic N) is 2. The van der Waals surface area contributed by atoms with Gasteiger partial charge in [-0.05, 0) is 42.5 Å². The molecule has 0 amide bonds. The number of sulfone groups is 1. The van der Waals surface area contributed by atoms with Gasteiger partial charge in [0.2, 0.25) is 0 Å². The molecule has 2 aromatic carbocycles. The van der Waals surface area contributed by atoms with E-state index in [1.54, 1.807) is 0 Å². The molecule has 3 rings (SSSR count). The van der Waals surface area contributed by atoms with Crippen molar-refractivity contribution >= 4 is 15.8 Å². The monoisotopic (exact) mass is 483 g/mol. The Bertz CT molecular complexity index is 1160. The highest BCUT2D eigenvalue weighted by molar-refractivity contribution is 7.91. The Hall–Kier alpha value is -3.14. The fourth-order valence-corrected chi connectivity index (χ4v) is 5.41. The van der Waals surface area contributed by atoms with Crippen LogP contribution in [0.15, 0.2) is 47.4 Å². The summed E-state index contributed by atoms with van der Waals surface area (Å²) in [6.45, 7) is 0.389. The molecule has 12 heteroatoms. The van der Waals surface area contributed by atoms with Crippen molar-refractivity contribution in [1.29, 1.82) is 5.26 Å². The minimum atomic E-state index is -4.76. The predicted octanol–water partition coefficient (Wildman–Crippen LogP) is 2.42. The number of benzene rings is 2. The molecule has 0 aliphatic carbocycles. The van der Waals surface area contributed by atoms with E-state index in [1.807, 2.05) is 6.07 Å².